The van der Waals surface area contributed by atoms with Crippen molar-refractivity contribution in [1.82, 2.24) is 4.90 Å². The van der Waals surface area contributed by atoms with E-state index in [0.717, 1.165) is 18.4 Å². The highest BCUT2D eigenvalue weighted by Crippen LogP contribution is 2.34. The summed E-state index contributed by atoms with van der Waals surface area (Å²) in [6.07, 6.45) is 9.74. The van der Waals surface area contributed by atoms with Gasteiger partial charge >= 0.3 is 0 Å². The molecule has 23 heavy (non-hydrogen) atoms. The van der Waals surface area contributed by atoms with E-state index in [1.54, 1.807) is 20.3 Å². The van der Waals surface area contributed by atoms with Crippen LogP contribution < -0.4 is 9.47 Å². The lowest BCUT2D eigenvalue weighted by molar-refractivity contribution is 0.0696. The quantitative estimate of drug-likeness (QED) is 0.819. The fraction of sp³-hybridized carbons (Fsp3) is 0.526. The van der Waals surface area contributed by atoms with Crippen LogP contribution in [0.3, 0.4) is 0 Å². The predicted molar refractivity (Wildman–Crippen MR) is 93.2 cm³/mol. The molecule has 2 rings (SSSR count). The number of nitrogens with zero attached hydrogens (tertiary/aromatic N) is 1. The number of amides is 1. The van der Waals surface area contributed by atoms with Crippen LogP contribution in [0.2, 0.25) is 0 Å². The first kappa shape index (κ1) is 17.4. The fourth-order valence-corrected chi connectivity index (χ4v) is 3.26. The molecule has 0 radical (unpaired) electrons. The Morgan fingerprint density at radius 2 is 1.87 bits per heavy atom. The highest BCUT2D eigenvalue weighted by molar-refractivity contribution is 5.96. The summed E-state index contributed by atoms with van der Waals surface area (Å²) in [4.78, 5) is 14.8. The first-order valence-electron chi connectivity index (χ1n) is 8.28. The maximum Gasteiger partial charge on any atom is 0.254 e. The Bertz CT molecular complexity index is 574. The summed E-state index contributed by atoms with van der Waals surface area (Å²) >= 11 is 0. The standard InChI is InChI=1S/C19H27NO3/c1-5-9-14-12-15(13-17(22-3)18(14)23-4)19(21)20(2)16-10-7-6-8-11-16/h5,9,12-13,16H,6-8,10-11H2,1-4H3. The average molecular weight is 317 g/mol. The van der Waals surface area contributed by atoms with Gasteiger partial charge in [0.25, 0.3) is 5.91 Å². The highest BCUT2D eigenvalue weighted by Gasteiger charge is 2.24. The zero-order chi connectivity index (χ0) is 16.8. The van der Waals surface area contributed by atoms with Crippen LogP contribution in [0.1, 0.15) is 54.9 Å². The third-order valence-corrected chi connectivity index (χ3v) is 4.54. The normalized spacial score (nSPS) is 15.7. The Hall–Kier alpha value is -1.97. The lowest BCUT2D eigenvalue weighted by atomic mass is 9.94. The zero-order valence-electron chi connectivity index (χ0n) is 14.6. The van der Waals surface area contributed by atoms with Gasteiger partial charge in [-0.2, -0.15) is 0 Å². The van der Waals surface area contributed by atoms with E-state index in [4.69, 9.17) is 9.47 Å². The molecular formula is C19H27NO3. The topological polar surface area (TPSA) is 38.8 Å². The average Bonchev–Trinajstić information content (AvgIpc) is 2.60. The molecule has 0 atom stereocenters. The van der Waals surface area contributed by atoms with Gasteiger partial charge in [-0.05, 0) is 31.9 Å². The summed E-state index contributed by atoms with van der Waals surface area (Å²) in [6, 6.07) is 3.99. The smallest absolute Gasteiger partial charge is 0.254 e. The van der Waals surface area contributed by atoms with Crippen molar-refractivity contribution in [3.05, 3.63) is 29.3 Å². The van der Waals surface area contributed by atoms with Gasteiger partial charge in [-0.3, -0.25) is 4.79 Å². The predicted octanol–water partition coefficient (Wildman–Crippen LogP) is 4.14. The van der Waals surface area contributed by atoms with Crippen LogP contribution in [0.15, 0.2) is 18.2 Å². The summed E-state index contributed by atoms with van der Waals surface area (Å²) < 4.78 is 10.8. The zero-order valence-corrected chi connectivity index (χ0v) is 14.6. The van der Waals surface area contributed by atoms with E-state index < -0.39 is 0 Å². The molecular weight excluding hydrogens is 290 g/mol. The monoisotopic (exact) mass is 317 g/mol. The molecule has 1 aromatic carbocycles. The summed E-state index contributed by atoms with van der Waals surface area (Å²) in [7, 11) is 5.11. The molecule has 0 aromatic heterocycles. The summed E-state index contributed by atoms with van der Waals surface area (Å²) in [5.74, 6) is 1.29. The van der Waals surface area contributed by atoms with Gasteiger partial charge in [-0.15, -0.1) is 0 Å². The third kappa shape index (κ3) is 3.87. The van der Waals surface area contributed by atoms with Gasteiger partial charge in [-0.1, -0.05) is 31.4 Å². The van der Waals surface area contributed by atoms with E-state index in [9.17, 15) is 4.79 Å². The van der Waals surface area contributed by atoms with Crippen LogP contribution in [-0.2, 0) is 0 Å². The van der Waals surface area contributed by atoms with Gasteiger partial charge < -0.3 is 14.4 Å². The number of methoxy groups -OCH3 is 2. The van der Waals surface area contributed by atoms with Crippen molar-refractivity contribution in [2.45, 2.75) is 45.1 Å². The molecule has 1 fully saturated rings. The number of hydrogen-bond donors (Lipinski definition) is 0. The lowest BCUT2D eigenvalue weighted by Crippen LogP contribution is -2.38. The van der Waals surface area contributed by atoms with Crippen LogP contribution in [0.5, 0.6) is 11.5 Å². The number of rotatable bonds is 5. The van der Waals surface area contributed by atoms with Gasteiger partial charge in [0.1, 0.15) is 0 Å². The van der Waals surface area contributed by atoms with Crippen molar-refractivity contribution in [1.29, 1.82) is 0 Å². The van der Waals surface area contributed by atoms with Gasteiger partial charge in [-0.25, -0.2) is 0 Å². The highest BCUT2D eigenvalue weighted by atomic mass is 16.5. The first-order chi connectivity index (χ1) is 11.1. The van der Waals surface area contributed by atoms with Gasteiger partial charge in [0.2, 0.25) is 0 Å². The Labute approximate surface area is 139 Å². The molecule has 4 heteroatoms. The maximum absolute atomic E-state index is 12.9. The van der Waals surface area contributed by atoms with Gasteiger partial charge in [0.15, 0.2) is 11.5 Å². The molecule has 0 N–H and O–H groups in total. The van der Waals surface area contributed by atoms with Crippen molar-refractivity contribution in [2.24, 2.45) is 0 Å². The largest absolute Gasteiger partial charge is 0.493 e. The third-order valence-electron chi connectivity index (χ3n) is 4.54. The molecule has 1 aromatic rings. The fourth-order valence-electron chi connectivity index (χ4n) is 3.26. The van der Waals surface area contributed by atoms with E-state index in [1.807, 2.05) is 37.1 Å². The van der Waals surface area contributed by atoms with Gasteiger partial charge in [0.05, 0.1) is 14.2 Å². The number of hydrogen-bond acceptors (Lipinski definition) is 3. The second-order valence-corrected chi connectivity index (χ2v) is 6.01. The molecule has 1 amide bonds. The number of carbonyl (C=O) groups excluding carboxylic acids is 1. The minimum atomic E-state index is 0.0450. The van der Waals surface area contributed by atoms with Crippen LogP contribution in [0.25, 0.3) is 6.08 Å². The minimum Gasteiger partial charge on any atom is -0.493 e. The van der Waals surface area contributed by atoms with Crippen LogP contribution in [0.4, 0.5) is 0 Å². The minimum absolute atomic E-state index is 0.0450. The molecule has 0 saturated heterocycles. The molecule has 0 spiro atoms. The van der Waals surface area contributed by atoms with E-state index in [-0.39, 0.29) is 5.91 Å². The molecule has 126 valence electrons. The second kappa shape index (κ2) is 8.04. The second-order valence-electron chi connectivity index (χ2n) is 6.01. The van der Waals surface area contributed by atoms with Crippen molar-refractivity contribution in [2.75, 3.05) is 21.3 Å². The van der Waals surface area contributed by atoms with Crippen LogP contribution in [-0.4, -0.2) is 38.1 Å². The number of ether oxygens (including phenoxy) is 2. The Morgan fingerprint density at radius 3 is 2.43 bits per heavy atom. The molecule has 1 aliphatic rings. The van der Waals surface area contributed by atoms with E-state index >= 15 is 0 Å². The lowest BCUT2D eigenvalue weighted by Gasteiger charge is -2.31. The van der Waals surface area contributed by atoms with E-state index in [1.165, 1.54) is 19.3 Å². The molecule has 0 bridgehead atoms. The van der Waals surface area contributed by atoms with Crippen molar-refractivity contribution >= 4 is 12.0 Å². The van der Waals surface area contributed by atoms with Crippen molar-refractivity contribution in [3.63, 3.8) is 0 Å². The Morgan fingerprint density at radius 1 is 1.17 bits per heavy atom. The Balaban J connectivity index is 2.33. The van der Waals surface area contributed by atoms with Crippen molar-refractivity contribution < 1.29 is 14.3 Å². The van der Waals surface area contributed by atoms with Crippen LogP contribution >= 0.6 is 0 Å². The molecule has 1 saturated carbocycles. The summed E-state index contributed by atoms with van der Waals surface area (Å²) in [5, 5.41) is 0. The molecule has 0 unspecified atom stereocenters. The van der Waals surface area contributed by atoms with E-state index in [0.29, 0.717) is 23.1 Å². The number of carbonyl (C=O) groups is 1. The summed E-state index contributed by atoms with van der Waals surface area (Å²) in [6.45, 7) is 1.94. The maximum atomic E-state index is 12.9. The number of benzene rings is 1. The molecule has 0 heterocycles. The SMILES string of the molecule is CC=Cc1cc(C(=O)N(C)C2CCCCC2)cc(OC)c1OC. The molecule has 0 aliphatic heterocycles. The van der Waals surface area contributed by atoms with Crippen LogP contribution in [0, 0.1) is 0 Å². The first-order valence-corrected chi connectivity index (χ1v) is 8.28. The molecule has 4 nitrogen and oxygen atoms in total. The molecule has 1 aliphatic carbocycles. The number of allylic oxidation sites excluding steroid dienone is 1. The van der Waals surface area contributed by atoms with E-state index in [2.05, 4.69) is 0 Å². The summed E-state index contributed by atoms with van der Waals surface area (Å²) in [5.41, 5.74) is 1.50. The Kier molecular flexibility index (Phi) is 6.08. The van der Waals surface area contributed by atoms with Crippen molar-refractivity contribution in [3.8, 4) is 11.5 Å². The van der Waals surface area contributed by atoms with Gasteiger partial charge in [0, 0.05) is 24.2 Å².